The van der Waals surface area contributed by atoms with Crippen molar-refractivity contribution in [2.24, 2.45) is 0 Å². The van der Waals surface area contributed by atoms with E-state index in [2.05, 4.69) is 20.9 Å². The molecule has 2 heterocycles. The predicted octanol–water partition coefficient (Wildman–Crippen LogP) is 1.26. The summed E-state index contributed by atoms with van der Waals surface area (Å²) in [5.74, 6) is -1.13. The number of nitrogens with zero attached hydrogens (tertiary/aromatic N) is 1. The molecule has 1 unspecified atom stereocenters. The van der Waals surface area contributed by atoms with E-state index in [1.807, 2.05) is 0 Å². The average Bonchev–Trinajstić information content (AvgIpc) is 2.70. The summed E-state index contributed by atoms with van der Waals surface area (Å²) in [5, 5.41) is 8.34. The van der Waals surface area contributed by atoms with Crippen LogP contribution in [0.2, 0.25) is 0 Å². The van der Waals surface area contributed by atoms with Crippen molar-refractivity contribution in [1.82, 2.24) is 10.2 Å². The molecule has 2 fully saturated rings. The molecule has 2 saturated heterocycles. The van der Waals surface area contributed by atoms with E-state index in [9.17, 15) is 14.0 Å². The van der Waals surface area contributed by atoms with E-state index >= 15 is 0 Å². The lowest BCUT2D eigenvalue weighted by molar-refractivity contribution is -0.128. The van der Waals surface area contributed by atoms with Crippen molar-refractivity contribution >= 4 is 48.0 Å². The van der Waals surface area contributed by atoms with Gasteiger partial charge in [-0.1, -0.05) is 0 Å². The molecular formula is C18H27Cl2FN4O4. The minimum absolute atomic E-state index is 0. The van der Waals surface area contributed by atoms with Crippen molar-refractivity contribution in [3.05, 3.63) is 24.0 Å². The third-order valence-corrected chi connectivity index (χ3v) is 4.49. The van der Waals surface area contributed by atoms with E-state index in [4.69, 9.17) is 9.47 Å². The second kappa shape index (κ2) is 12.9. The number of anilines is 2. The third kappa shape index (κ3) is 8.04. The van der Waals surface area contributed by atoms with Crippen LogP contribution in [0.3, 0.4) is 0 Å². The summed E-state index contributed by atoms with van der Waals surface area (Å²) < 4.78 is 24.7. The number of nitrogens with one attached hydrogen (secondary N) is 3. The summed E-state index contributed by atoms with van der Waals surface area (Å²) in [6.07, 6.45) is -0.326. The van der Waals surface area contributed by atoms with Gasteiger partial charge in [0.25, 0.3) is 5.91 Å². The SMILES string of the molecule is Cl.Cl.O=C(CCN1CCOCC1)Nc1cc(NC(=O)C2CNCCO2)ccc1F. The van der Waals surface area contributed by atoms with Crippen molar-refractivity contribution in [1.29, 1.82) is 0 Å². The highest BCUT2D eigenvalue weighted by molar-refractivity contribution is 5.96. The summed E-state index contributed by atoms with van der Waals surface area (Å²) in [4.78, 5) is 26.5. The fourth-order valence-corrected chi connectivity index (χ4v) is 2.95. The van der Waals surface area contributed by atoms with Gasteiger partial charge in [0.05, 0.1) is 25.5 Å². The summed E-state index contributed by atoms with van der Waals surface area (Å²) in [7, 11) is 0. The van der Waals surface area contributed by atoms with Crippen LogP contribution in [0.5, 0.6) is 0 Å². The molecule has 2 aliphatic rings. The average molecular weight is 453 g/mol. The number of amides is 2. The summed E-state index contributed by atoms with van der Waals surface area (Å²) >= 11 is 0. The predicted molar refractivity (Wildman–Crippen MR) is 113 cm³/mol. The Labute approximate surface area is 181 Å². The molecule has 3 N–H and O–H groups in total. The van der Waals surface area contributed by atoms with Gasteiger partial charge in [0.2, 0.25) is 5.91 Å². The quantitative estimate of drug-likeness (QED) is 0.601. The number of carbonyl (C=O) groups is 2. The maximum atomic E-state index is 14.0. The van der Waals surface area contributed by atoms with Gasteiger partial charge in [0.1, 0.15) is 11.9 Å². The Balaban J connectivity index is 0.00000210. The minimum atomic E-state index is -0.588. The van der Waals surface area contributed by atoms with Crippen molar-refractivity contribution < 1.29 is 23.5 Å². The molecule has 2 amide bonds. The second-order valence-corrected chi connectivity index (χ2v) is 6.50. The van der Waals surface area contributed by atoms with Gasteiger partial charge in [-0.25, -0.2) is 4.39 Å². The van der Waals surface area contributed by atoms with Crippen molar-refractivity contribution in [3.8, 4) is 0 Å². The fourth-order valence-electron chi connectivity index (χ4n) is 2.95. The maximum absolute atomic E-state index is 14.0. The van der Waals surface area contributed by atoms with Gasteiger partial charge in [-0.3, -0.25) is 14.5 Å². The highest BCUT2D eigenvalue weighted by Crippen LogP contribution is 2.20. The maximum Gasteiger partial charge on any atom is 0.254 e. The van der Waals surface area contributed by atoms with Gasteiger partial charge in [0.15, 0.2) is 0 Å². The van der Waals surface area contributed by atoms with Crippen LogP contribution in [0.4, 0.5) is 15.8 Å². The molecule has 164 valence electrons. The van der Waals surface area contributed by atoms with Crippen LogP contribution in [-0.2, 0) is 19.1 Å². The summed E-state index contributed by atoms with van der Waals surface area (Å²) in [6.45, 7) is 5.11. The molecule has 8 nitrogen and oxygen atoms in total. The molecule has 29 heavy (non-hydrogen) atoms. The molecule has 0 radical (unpaired) electrons. The summed E-state index contributed by atoms with van der Waals surface area (Å²) in [5.41, 5.74) is 0.446. The lowest BCUT2D eigenvalue weighted by Gasteiger charge is -2.26. The van der Waals surface area contributed by atoms with Crippen LogP contribution in [0.25, 0.3) is 0 Å². The Hall–Kier alpha value is -1.49. The zero-order valence-corrected chi connectivity index (χ0v) is 17.6. The number of hydrogen-bond acceptors (Lipinski definition) is 6. The largest absolute Gasteiger partial charge is 0.379 e. The molecule has 0 aromatic heterocycles. The smallest absolute Gasteiger partial charge is 0.254 e. The Bertz CT molecular complexity index is 671. The normalized spacial score (nSPS) is 19.4. The first-order valence-corrected chi connectivity index (χ1v) is 9.14. The van der Waals surface area contributed by atoms with Crippen LogP contribution in [-0.4, -0.2) is 75.4 Å². The molecule has 11 heteroatoms. The second-order valence-electron chi connectivity index (χ2n) is 6.50. The van der Waals surface area contributed by atoms with Crippen LogP contribution in [0.15, 0.2) is 18.2 Å². The number of hydrogen-bond donors (Lipinski definition) is 3. The van der Waals surface area contributed by atoms with Crippen molar-refractivity contribution in [2.45, 2.75) is 12.5 Å². The Morgan fingerprint density at radius 2 is 1.93 bits per heavy atom. The number of ether oxygens (including phenoxy) is 2. The standard InChI is InChI=1S/C18H25FN4O4.2ClH/c19-14-2-1-13(21-18(25)16-12-20-4-8-27-16)11-15(14)22-17(24)3-5-23-6-9-26-10-7-23;;/h1-2,11,16,20H,3-10,12H2,(H,21,25)(H,22,24);2*1H. The van der Waals surface area contributed by atoms with Crippen LogP contribution < -0.4 is 16.0 Å². The Morgan fingerprint density at radius 1 is 1.17 bits per heavy atom. The van der Waals surface area contributed by atoms with E-state index in [0.29, 0.717) is 45.1 Å². The number of rotatable bonds is 6. The zero-order valence-electron chi connectivity index (χ0n) is 15.9. The van der Waals surface area contributed by atoms with Gasteiger partial charge in [-0.05, 0) is 18.2 Å². The van der Waals surface area contributed by atoms with Crippen LogP contribution in [0.1, 0.15) is 6.42 Å². The molecule has 1 aromatic rings. The molecule has 0 spiro atoms. The lowest BCUT2D eigenvalue weighted by atomic mass is 10.2. The molecule has 1 aromatic carbocycles. The highest BCUT2D eigenvalue weighted by Gasteiger charge is 2.22. The third-order valence-electron chi connectivity index (χ3n) is 4.49. The fraction of sp³-hybridized carbons (Fsp3) is 0.556. The molecule has 0 bridgehead atoms. The topological polar surface area (TPSA) is 91.9 Å². The molecular weight excluding hydrogens is 426 g/mol. The zero-order chi connectivity index (χ0) is 19.1. The van der Waals surface area contributed by atoms with Gasteiger partial charge < -0.3 is 25.4 Å². The summed E-state index contributed by atoms with van der Waals surface area (Å²) in [6, 6.07) is 4.08. The van der Waals surface area contributed by atoms with E-state index in [-0.39, 0.29) is 48.7 Å². The first-order valence-electron chi connectivity index (χ1n) is 9.14. The first kappa shape index (κ1) is 25.5. The monoisotopic (exact) mass is 452 g/mol. The van der Waals surface area contributed by atoms with E-state index in [1.165, 1.54) is 18.2 Å². The van der Waals surface area contributed by atoms with Crippen LogP contribution >= 0.6 is 24.8 Å². The van der Waals surface area contributed by atoms with E-state index in [0.717, 1.165) is 13.1 Å². The molecule has 2 aliphatic heterocycles. The number of benzene rings is 1. The number of morpholine rings is 2. The number of halogens is 3. The lowest BCUT2D eigenvalue weighted by Crippen LogP contribution is -2.45. The van der Waals surface area contributed by atoms with Gasteiger partial charge in [-0.15, -0.1) is 24.8 Å². The molecule has 3 rings (SSSR count). The van der Waals surface area contributed by atoms with Gasteiger partial charge >= 0.3 is 0 Å². The Morgan fingerprint density at radius 3 is 2.62 bits per heavy atom. The van der Waals surface area contributed by atoms with E-state index < -0.39 is 11.9 Å². The minimum Gasteiger partial charge on any atom is -0.379 e. The highest BCUT2D eigenvalue weighted by atomic mass is 35.5. The van der Waals surface area contributed by atoms with Gasteiger partial charge in [0, 0.05) is 44.8 Å². The molecule has 1 atom stereocenters. The van der Waals surface area contributed by atoms with Crippen molar-refractivity contribution in [2.75, 3.05) is 63.2 Å². The van der Waals surface area contributed by atoms with Gasteiger partial charge in [-0.2, -0.15) is 0 Å². The Kier molecular flexibility index (Phi) is 11.4. The molecule has 0 aliphatic carbocycles. The van der Waals surface area contributed by atoms with Crippen molar-refractivity contribution in [3.63, 3.8) is 0 Å². The first-order chi connectivity index (χ1) is 13.1. The van der Waals surface area contributed by atoms with Crippen LogP contribution in [0, 0.1) is 5.82 Å². The van der Waals surface area contributed by atoms with E-state index in [1.54, 1.807) is 0 Å². The number of carbonyl (C=O) groups excluding carboxylic acids is 2. The molecule has 0 saturated carbocycles.